The molecule has 0 unspecified atom stereocenters. The molecule has 0 spiro atoms. The van der Waals surface area contributed by atoms with Gasteiger partial charge >= 0.3 is 6.03 Å². The van der Waals surface area contributed by atoms with Gasteiger partial charge in [0.1, 0.15) is 5.25 Å². The molecule has 2 fully saturated rings. The second kappa shape index (κ2) is 6.84. The van der Waals surface area contributed by atoms with Crippen molar-refractivity contribution in [3.63, 3.8) is 0 Å². The molecular weight excluding hydrogens is 414 g/mol. The summed E-state index contributed by atoms with van der Waals surface area (Å²) >= 11 is 0. The monoisotopic (exact) mass is 441 g/mol. The van der Waals surface area contributed by atoms with Crippen LogP contribution in [-0.2, 0) is 35.7 Å². The first-order chi connectivity index (χ1) is 13.7. The fraction of sp³-hybridized carbons (Fsp3) is 0.632. The van der Waals surface area contributed by atoms with Crippen molar-refractivity contribution in [1.29, 1.82) is 0 Å². The molecule has 0 atom stereocenters. The van der Waals surface area contributed by atoms with Gasteiger partial charge in [-0.15, -0.1) is 0 Å². The van der Waals surface area contributed by atoms with Crippen LogP contribution in [0.2, 0.25) is 0 Å². The zero-order chi connectivity index (χ0) is 20.4. The van der Waals surface area contributed by atoms with Crippen LogP contribution in [0.5, 0.6) is 0 Å². The van der Waals surface area contributed by atoms with Gasteiger partial charge in [-0.25, -0.2) is 17.9 Å². The Balaban J connectivity index is 1.23. The van der Waals surface area contributed by atoms with Crippen molar-refractivity contribution in [3.8, 4) is 0 Å². The largest absolute Gasteiger partial charge is 0.332 e. The Labute approximate surface area is 172 Å². The molecular formula is C19H27N3O5S2. The van der Waals surface area contributed by atoms with E-state index in [1.165, 1.54) is 11.1 Å². The molecule has 2 aliphatic carbocycles. The first kappa shape index (κ1) is 19.6. The Morgan fingerprint density at radius 2 is 1.62 bits per heavy atom. The summed E-state index contributed by atoms with van der Waals surface area (Å²) in [5, 5.41) is 2.21. The molecule has 0 bridgehead atoms. The van der Waals surface area contributed by atoms with Crippen LogP contribution in [-0.4, -0.2) is 64.3 Å². The first-order valence-electron chi connectivity index (χ1n) is 10.2. The second-order valence-electron chi connectivity index (χ2n) is 8.70. The molecule has 4 N–H and O–H groups in total. The molecule has 2 amide bonds. The Kier molecular flexibility index (Phi) is 4.63. The number of aryl methyl sites for hydroxylation is 2. The van der Waals surface area contributed by atoms with Crippen LogP contribution in [0.1, 0.15) is 35.1 Å². The molecule has 29 heavy (non-hydrogen) atoms. The summed E-state index contributed by atoms with van der Waals surface area (Å²) in [6.07, 6.45) is 6.00. The summed E-state index contributed by atoms with van der Waals surface area (Å²) in [5.74, 6) is 0.635. The van der Waals surface area contributed by atoms with Gasteiger partial charge in [-0.05, 0) is 60.8 Å². The van der Waals surface area contributed by atoms with E-state index in [0.717, 1.165) is 55.3 Å². The number of urea groups is 1. The highest BCUT2D eigenvalue weighted by Crippen LogP contribution is 2.51. The molecule has 0 aromatic heterocycles. The van der Waals surface area contributed by atoms with Crippen LogP contribution in [0.4, 0.5) is 10.5 Å². The lowest BCUT2D eigenvalue weighted by Gasteiger charge is -2.55. The Hall–Kier alpha value is -1.33. The molecule has 4 aliphatic rings. The van der Waals surface area contributed by atoms with E-state index in [1.54, 1.807) is 0 Å². The van der Waals surface area contributed by atoms with Gasteiger partial charge in [-0.2, -0.15) is 10.6 Å². The predicted molar refractivity (Wildman–Crippen MR) is 113 cm³/mol. The highest BCUT2D eigenvalue weighted by Gasteiger charge is 2.47. The predicted octanol–water partition coefficient (Wildman–Crippen LogP) is 1.93. The van der Waals surface area contributed by atoms with E-state index in [2.05, 4.69) is 16.1 Å². The molecule has 5 rings (SSSR count). The lowest BCUT2D eigenvalue weighted by molar-refractivity contribution is 0.131. The highest BCUT2D eigenvalue weighted by molar-refractivity contribution is 8.25. The molecule has 2 heterocycles. The van der Waals surface area contributed by atoms with E-state index < -0.39 is 31.9 Å². The summed E-state index contributed by atoms with van der Waals surface area (Å²) in [7, 11) is -6.21. The third kappa shape index (κ3) is 3.54. The van der Waals surface area contributed by atoms with Crippen molar-refractivity contribution < 1.29 is 22.3 Å². The number of hydrogen-bond donors (Lipinski definition) is 4. The molecule has 0 saturated carbocycles. The molecule has 0 radical (unpaired) electrons. The number of likely N-dealkylation sites (tertiary alicyclic amines) is 1. The average molecular weight is 442 g/mol. The molecule has 1 aromatic carbocycles. The van der Waals surface area contributed by atoms with Crippen molar-refractivity contribution in [2.45, 2.75) is 49.8 Å². The quantitative estimate of drug-likeness (QED) is 0.567. The lowest BCUT2D eigenvalue weighted by Crippen LogP contribution is -2.65. The summed E-state index contributed by atoms with van der Waals surface area (Å²) in [4.78, 5) is 14.5. The number of hydrogen-bond acceptors (Lipinski definition) is 6. The Bertz CT molecular complexity index is 932. The number of benzene rings is 1. The minimum atomic E-state index is -3.77. The second-order valence-corrected chi connectivity index (χ2v) is 12.9. The number of fused-ring (bicyclic) bond motifs is 2. The fourth-order valence-corrected chi connectivity index (χ4v) is 7.87. The number of sulfonamides is 1. The van der Waals surface area contributed by atoms with Gasteiger partial charge in [-0.1, -0.05) is 6.07 Å². The minimum absolute atomic E-state index is 0.0368. The van der Waals surface area contributed by atoms with Crippen LogP contribution in [0.3, 0.4) is 0 Å². The number of amides is 2. The number of nitrogens with one attached hydrogen (secondary N) is 2. The fourth-order valence-electron chi connectivity index (χ4n) is 5.06. The van der Waals surface area contributed by atoms with Gasteiger partial charge in [0.05, 0.1) is 11.5 Å². The number of carbonyl (C=O) groups excluding carboxylic acids is 1. The maximum atomic E-state index is 12.6. The van der Waals surface area contributed by atoms with Crippen LogP contribution in [0.25, 0.3) is 0 Å². The smallest absolute Gasteiger partial charge is 0.307 e. The van der Waals surface area contributed by atoms with E-state index in [-0.39, 0.29) is 6.04 Å². The van der Waals surface area contributed by atoms with Gasteiger partial charge in [0.25, 0.3) is 0 Å². The average Bonchev–Trinajstić information content (AvgIpc) is 3.19. The minimum Gasteiger partial charge on any atom is -0.307 e. The van der Waals surface area contributed by atoms with Crippen molar-refractivity contribution in [3.05, 3.63) is 28.3 Å². The number of carbonyl (C=O) groups is 1. The highest BCUT2D eigenvalue weighted by atomic mass is 32.3. The first-order valence-corrected chi connectivity index (χ1v) is 13.6. The zero-order valence-corrected chi connectivity index (χ0v) is 17.8. The van der Waals surface area contributed by atoms with Gasteiger partial charge in [0.15, 0.2) is 0 Å². The van der Waals surface area contributed by atoms with Crippen molar-refractivity contribution in [1.82, 2.24) is 9.62 Å². The van der Waals surface area contributed by atoms with Crippen LogP contribution < -0.4 is 10.0 Å². The topological polar surface area (TPSA) is 119 Å². The molecule has 1 aromatic rings. The van der Waals surface area contributed by atoms with E-state index in [4.69, 9.17) is 0 Å². The maximum absolute atomic E-state index is 12.6. The lowest BCUT2D eigenvalue weighted by atomic mass is 9.99. The Morgan fingerprint density at radius 1 is 1.03 bits per heavy atom. The van der Waals surface area contributed by atoms with Gasteiger partial charge < -0.3 is 5.32 Å². The normalized spacial score (nSPS) is 24.9. The van der Waals surface area contributed by atoms with Crippen LogP contribution in [0.15, 0.2) is 6.07 Å². The molecule has 2 saturated heterocycles. The maximum Gasteiger partial charge on any atom is 0.332 e. The van der Waals surface area contributed by atoms with E-state index in [1.807, 2.05) is 4.90 Å². The van der Waals surface area contributed by atoms with E-state index >= 15 is 0 Å². The van der Waals surface area contributed by atoms with Crippen molar-refractivity contribution in [2.24, 2.45) is 0 Å². The number of nitrogens with zero attached hydrogens (tertiary/aromatic N) is 1. The van der Waals surface area contributed by atoms with Gasteiger partial charge in [0.2, 0.25) is 10.0 Å². The van der Waals surface area contributed by atoms with Gasteiger partial charge in [0, 0.05) is 24.8 Å². The van der Waals surface area contributed by atoms with E-state index in [0.29, 0.717) is 24.6 Å². The van der Waals surface area contributed by atoms with Gasteiger partial charge in [-0.3, -0.25) is 14.0 Å². The molecule has 160 valence electrons. The molecule has 10 heteroatoms. The SMILES string of the molecule is O=C(Nc1c2c(cc3c1CCC3)CCC2)NS(=O)(=O)C1CN(C2CS(O)(O)C2)C1. The standard InChI is InChI=1S/C19H27N3O5S2/c23-19(20-18-16-5-1-3-12(16)7-13-4-2-6-17(13)18)21-29(26,27)15-8-22(9-15)14-10-28(24,25)11-14/h7,14-15,24-25H,1-6,8-11H2,(H2,20,21,23). The number of anilines is 1. The molecule has 8 nitrogen and oxygen atoms in total. The van der Waals surface area contributed by atoms with Crippen LogP contribution >= 0.6 is 10.6 Å². The summed E-state index contributed by atoms with van der Waals surface area (Å²) in [6.45, 7) is 0.637. The van der Waals surface area contributed by atoms with Crippen molar-refractivity contribution in [2.75, 3.05) is 29.9 Å². The summed E-state index contributed by atoms with van der Waals surface area (Å²) in [6, 6.07) is 1.62. The Morgan fingerprint density at radius 3 is 2.17 bits per heavy atom. The third-order valence-corrected chi connectivity index (χ3v) is 10.2. The summed E-state index contributed by atoms with van der Waals surface area (Å²) < 4.78 is 46.4. The van der Waals surface area contributed by atoms with Crippen LogP contribution in [0, 0.1) is 0 Å². The summed E-state index contributed by atoms with van der Waals surface area (Å²) in [5.41, 5.74) is 5.72. The van der Waals surface area contributed by atoms with E-state index in [9.17, 15) is 22.3 Å². The number of rotatable bonds is 4. The van der Waals surface area contributed by atoms with Crippen molar-refractivity contribution >= 4 is 32.3 Å². The molecule has 2 aliphatic heterocycles. The third-order valence-electron chi connectivity index (χ3n) is 6.70. The zero-order valence-electron chi connectivity index (χ0n) is 16.2.